The fourth-order valence-corrected chi connectivity index (χ4v) is 3.26. The standard InChI is InChI=1S/C18H20N4O/c1-12-19-16(14-8-4-3-5-9-14)17-18(20-12)22(13(2)21-17)15-10-6-7-11-23-15/h3-5,8-9,15H,6-7,10-11H2,1-2H3. The summed E-state index contributed by atoms with van der Waals surface area (Å²) in [6, 6.07) is 10.2. The van der Waals surface area contributed by atoms with Crippen molar-refractivity contribution in [2.45, 2.75) is 39.3 Å². The normalized spacial score (nSPS) is 18.4. The van der Waals surface area contributed by atoms with Gasteiger partial charge in [0.05, 0.1) is 0 Å². The number of fused-ring (bicyclic) bond motifs is 1. The molecular weight excluding hydrogens is 288 g/mol. The first-order valence-corrected chi connectivity index (χ1v) is 8.14. The van der Waals surface area contributed by atoms with E-state index in [1.165, 1.54) is 6.42 Å². The van der Waals surface area contributed by atoms with E-state index in [2.05, 4.69) is 26.7 Å². The highest BCUT2D eigenvalue weighted by atomic mass is 16.5. The molecule has 1 saturated heterocycles. The van der Waals surface area contributed by atoms with Crippen LogP contribution in [0.4, 0.5) is 0 Å². The fourth-order valence-electron chi connectivity index (χ4n) is 3.26. The fraction of sp³-hybridized carbons (Fsp3) is 0.389. The van der Waals surface area contributed by atoms with E-state index in [4.69, 9.17) is 9.72 Å². The molecule has 5 nitrogen and oxygen atoms in total. The van der Waals surface area contributed by atoms with Crippen molar-refractivity contribution in [3.05, 3.63) is 42.0 Å². The van der Waals surface area contributed by atoms with Crippen LogP contribution in [0.3, 0.4) is 0 Å². The molecule has 0 N–H and O–H groups in total. The molecular formula is C18H20N4O. The Balaban J connectivity index is 1.93. The Hall–Kier alpha value is -2.27. The molecule has 3 heterocycles. The average Bonchev–Trinajstić information content (AvgIpc) is 2.91. The molecule has 4 rings (SSSR count). The molecule has 2 aromatic heterocycles. The molecule has 1 unspecified atom stereocenters. The minimum atomic E-state index is 0.0340. The topological polar surface area (TPSA) is 52.8 Å². The van der Waals surface area contributed by atoms with E-state index in [1.807, 2.05) is 32.0 Å². The highest BCUT2D eigenvalue weighted by molar-refractivity contribution is 5.87. The molecule has 1 atom stereocenters. The monoisotopic (exact) mass is 308 g/mol. The minimum absolute atomic E-state index is 0.0340. The summed E-state index contributed by atoms with van der Waals surface area (Å²) in [5, 5.41) is 0. The molecule has 118 valence electrons. The minimum Gasteiger partial charge on any atom is -0.358 e. The molecule has 1 aliphatic heterocycles. The quantitative estimate of drug-likeness (QED) is 0.722. The van der Waals surface area contributed by atoms with Crippen LogP contribution in [0.1, 0.15) is 37.1 Å². The van der Waals surface area contributed by atoms with Crippen LogP contribution in [0, 0.1) is 13.8 Å². The molecule has 0 spiro atoms. The molecule has 0 radical (unpaired) electrons. The Morgan fingerprint density at radius 1 is 1.04 bits per heavy atom. The van der Waals surface area contributed by atoms with Gasteiger partial charge in [-0.1, -0.05) is 30.3 Å². The summed E-state index contributed by atoms with van der Waals surface area (Å²) < 4.78 is 8.09. The van der Waals surface area contributed by atoms with Gasteiger partial charge in [-0.05, 0) is 33.1 Å². The average molecular weight is 308 g/mol. The smallest absolute Gasteiger partial charge is 0.166 e. The van der Waals surface area contributed by atoms with E-state index in [9.17, 15) is 0 Å². The zero-order valence-corrected chi connectivity index (χ0v) is 13.5. The van der Waals surface area contributed by atoms with Crippen molar-refractivity contribution in [1.82, 2.24) is 19.5 Å². The highest BCUT2D eigenvalue weighted by Crippen LogP contribution is 2.31. The lowest BCUT2D eigenvalue weighted by atomic mass is 10.1. The van der Waals surface area contributed by atoms with Crippen LogP contribution in [0.25, 0.3) is 22.4 Å². The van der Waals surface area contributed by atoms with Gasteiger partial charge in [0.2, 0.25) is 0 Å². The van der Waals surface area contributed by atoms with Crippen LogP contribution in [0.15, 0.2) is 30.3 Å². The van der Waals surface area contributed by atoms with Crippen LogP contribution < -0.4 is 0 Å². The summed E-state index contributed by atoms with van der Waals surface area (Å²) >= 11 is 0. The molecule has 0 bridgehead atoms. The maximum absolute atomic E-state index is 5.96. The van der Waals surface area contributed by atoms with Crippen molar-refractivity contribution in [1.29, 1.82) is 0 Å². The molecule has 3 aromatic rings. The van der Waals surface area contributed by atoms with Crippen molar-refractivity contribution < 1.29 is 4.74 Å². The molecule has 5 heteroatoms. The second-order valence-corrected chi connectivity index (χ2v) is 6.01. The van der Waals surface area contributed by atoms with Gasteiger partial charge in [0, 0.05) is 12.2 Å². The number of nitrogens with zero attached hydrogens (tertiary/aromatic N) is 4. The number of aryl methyl sites for hydroxylation is 2. The Labute approximate surface area is 135 Å². The molecule has 23 heavy (non-hydrogen) atoms. The van der Waals surface area contributed by atoms with Gasteiger partial charge >= 0.3 is 0 Å². The third-order valence-electron chi connectivity index (χ3n) is 4.32. The number of hydrogen-bond donors (Lipinski definition) is 0. The Kier molecular flexibility index (Phi) is 3.58. The van der Waals surface area contributed by atoms with Crippen molar-refractivity contribution in [3.8, 4) is 11.3 Å². The first kappa shape index (κ1) is 14.3. The molecule has 0 saturated carbocycles. The lowest BCUT2D eigenvalue weighted by Gasteiger charge is -2.25. The predicted octanol–water partition coefficient (Wildman–Crippen LogP) is 3.81. The van der Waals surface area contributed by atoms with E-state index in [-0.39, 0.29) is 6.23 Å². The van der Waals surface area contributed by atoms with Gasteiger partial charge < -0.3 is 4.74 Å². The van der Waals surface area contributed by atoms with Gasteiger partial charge in [-0.3, -0.25) is 4.57 Å². The third-order valence-corrected chi connectivity index (χ3v) is 4.32. The predicted molar refractivity (Wildman–Crippen MR) is 89.1 cm³/mol. The number of aromatic nitrogens is 4. The van der Waals surface area contributed by atoms with Crippen molar-refractivity contribution in [2.75, 3.05) is 6.61 Å². The number of hydrogen-bond acceptors (Lipinski definition) is 4. The van der Waals surface area contributed by atoms with Crippen molar-refractivity contribution >= 4 is 11.2 Å². The van der Waals surface area contributed by atoms with Crippen molar-refractivity contribution in [3.63, 3.8) is 0 Å². The second-order valence-electron chi connectivity index (χ2n) is 6.01. The van der Waals surface area contributed by atoms with Gasteiger partial charge in [0.25, 0.3) is 0 Å². The van der Waals surface area contributed by atoms with Crippen LogP contribution in [0.2, 0.25) is 0 Å². The SMILES string of the molecule is Cc1nc(-c2ccccc2)c2nc(C)n(C3CCCCO3)c2n1. The molecule has 1 fully saturated rings. The highest BCUT2D eigenvalue weighted by Gasteiger charge is 2.23. The van der Waals surface area contributed by atoms with Gasteiger partial charge in [-0.25, -0.2) is 15.0 Å². The molecule has 0 aliphatic carbocycles. The summed E-state index contributed by atoms with van der Waals surface area (Å²) in [4.78, 5) is 14.1. The number of rotatable bonds is 2. The van der Waals surface area contributed by atoms with Gasteiger partial charge in [0.15, 0.2) is 5.65 Å². The molecule has 0 amide bonds. The number of ether oxygens (including phenoxy) is 1. The first-order chi connectivity index (χ1) is 11.2. The zero-order chi connectivity index (χ0) is 15.8. The summed E-state index contributed by atoms with van der Waals surface area (Å²) in [7, 11) is 0. The van der Waals surface area contributed by atoms with E-state index in [0.717, 1.165) is 53.5 Å². The van der Waals surface area contributed by atoms with E-state index >= 15 is 0 Å². The Morgan fingerprint density at radius 2 is 1.87 bits per heavy atom. The van der Waals surface area contributed by atoms with Crippen LogP contribution in [-0.4, -0.2) is 26.1 Å². The molecule has 1 aliphatic rings. The first-order valence-electron chi connectivity index (χ1n) is 8.14. The third kappa shape index (κ3) is 2.51. The Bertz CT molecular complexity index is 835. The van der Waals surface area contributed by atoms with E-state index in [0.29, 0.717) is 0 Å². The maximum Gasteiger partial charge on any atom is 0.166 e. The largest absolute Gasteiger partial charge is 0.358 e. The zero-order valence-electron chi connectivity index (χ0n) is 13.5. The number of imidazole rings is 1. The van der Waals surface area contributed by atoms with Crippen molar-refractivity contribution in [2.24, 2.45) is 0 Å². The van der Waals surface area contributed by atoms with E-state index < -0.39 is 0 Å². The van der Waals surface area contributed by atoms with Gasteiger partial charge in [-0.15, -0.1) is 0 Å². The lowest BCUT2D eigenvalue weighted by molar-refractivity contribution is -0.0309. The van der Waals surface area contributed by atoms with Crippen LogP contribution in [0.5, 0.6) is 0 Å². The summed E-state index contributed by atoms with van der Waals surface area (Å²) in [6.45, 7) is 4.75. The van der Waals surface area contributed by atoms with Crippen LogP contribution >= 0.6 is 0 Å². The Morgan fingerprint density at radius 3 is 2.61 bits per heavy atom. The summed E-state index contributed by atoms with van der Waals surface area (Å²) in [6.07, 6.45) is 3.35. The van der Waals surface area contributed by atoms with E-state index in [1.54, 1.807) is 0 Å². The van der Waals surface area contributed by atoms with Gasteiger partial charge in [-0.2, -0.15) is 0 Å². The van der Waals surface area contributed by atoms with Gasteiger partial charge in [0.1, 0.15) is 29.1 Å². The van der Waals surface area contributed by atoms with Crippen LogP contribution in [-0.2, 0) is 4.74 Å². The summed E-state index contributed by atoms with van der Waals surface area (Å²) in [5.41, 5.74) is 3.69. The number of benzene rings is 1. The second kappa shape index (κ2) is 5.74. The maximum atomic E-state index is 5.96. The molecule has 1 aromatic carbocycles. The summed E-state index contributed by atoms with van der Waals surface area (Å²) in [5.74, 6) is 1.69. The lowest BCUT2D eigenvalue weighted by Crippen LogP contribution is -2.19.